The predicted molar refractivity (Wildman–Crippen MR) is 50.5 cm³/mol. The number of amides is 3. The molecule has 5 heteroatoms. The molecule has 2 saturated heterocycles. The summed E-state index contributed by atoms with van der Waals surface area (Å²) in [4.78, 5) is 26.4. The zero-order valence-electron chi connectivity index (χ0n) is 8.11. The number of hydrogen-bond acceptors (Lipinski definition) is 3. The zero-order chi connectivity index (χ0) is 10.1. The van der Waals surface area contributed by atoms with E-state index < -0.39 is 0 Å². The number of urea groups is 1. The largest absolute Gasteiger partial charge is 0.330 e. The lowest BCUT2D eigenvalue weighted by molar-refractivity contribution is -0.127. The average Bonchev–Trinajstić information content (AvgIpc) is 2.72. The first kappa shape index (κ1) is 9.45. The van der Waals surface area contributed by atoms with Crippen molar-refractivity contribution in [1.82, 2.24) is 9.80 Å². The highest BCUT2D eigenvalue weighted by atomic mass is 16.2. The SMILES string of the molecule is NCCCN1C(=O)[C@@H]2CCCN2C1=O. The van der Waals surface area contributed by atoms with Crippen molar-refractivity contribution < 1.29 is 9.59 Å². The normalized spacial score (nSPS) is 26.2. The monoisotopic (exact) mass is 197 g/mol. The van der Waals surface area contributed by atoms with Crippen LogP contribution in [-0.2, 0) is 4.79 Å². The van der Waals surface area contributed by atoms with Gasteiger partial charge in [0, 0.05) is 13.1 Å². The molecule has 0 radical (unpaired) electrons. The average molecular weight is 197 g/mol. The van der Waals surface area contributed by atoms with Crippen LogP contribution in [-0.4, -0.2) is 47.4 Å². The summed E-state index contributed by atoms with van der Waals surface area (Å²) >= 11 is 0. The molecule has 2 aliphatic heterocycles. The lowest BCUT2D eigenvalue weighted by Gasteiger charge is -2.14. The van der Waals surface area contributed by atoms with E-state index in [9.17, 15) is 9.59 Å². The van der Waals surface area contributed by atoms with Crippen LogP contribution < -0.4 is 5.73 Å². The van der Waals surface area contributed by atoms with Crippen LogP contribution in [0.25, 0.3) is 0 Å². The van der Waals surface area contributed by atoms with Crippen LogP contribution >= 0.6 is 0 Å². The molecule has 5 nitrogen and oxygen atoms in total. The molecule has 0 aromatic heterocycles. The van der Waals surface area contributed by atoms with Crippen LogP contribution in [0, 0.1) is 0 Å². The fourth-order valence-electron chi connectivity index (χ4n) is 2.14. The summed E-state index contributed by atoms with van der Waals surface area (Å²) in [5.74, 6) is -0.0269. The Hall–Kier alpha value is -1.10. The number of carbonyl (C=O) groups is 2. The summed E-state index contributed by atoms with van der Waals surface area (Å²) in [6, 6.07) is -0.286. The Morgan fingerprint density at radius 1 is 1.43 bits per heavy atom. The van der Waals surface area contributed by atoms with E-state index in [1.54, 1.807) is 4.90 Å². The molecule has 2 aliphatic rings. The molecule has 0 unspecified atom stereocenters. The zero-order valence-corrected chi connectivity index (χ0v) is 8.11. The van der Waals surface area contributed by atoms with Gasteiger partial charge in [0.15, 0.2) is 0 Å². The molecule has 1 atom stereocenters. The minimum Gasteiger partial charge on any atom is -0.330 e. The number of fused-ring (bicyclic) bond motifs is 1. The second kappa shape index (κ2) is 3.57. The van der Waals surface area contributed by atoms with Crippen molar-refractivity contribution in [3.8, 4) is 0 Å². The van der Waals surface area contributed by atoms with E-state index in [1.807, 2.05) is 0 Å². The van der Waals surface area contributed by atoms with E-state index >= 15 is 0 Å². The molecule has 2 rings (SSSR count). The third-order valence-corrected chi connectivity index (χ3v) is 2.87. The summed E-state index contributed by atoms with van der Waals surface area (Å²) < 4.78 is 0. The molecule has 2 N–H and O–H groups in total. The van der Waals surface area contributed by atoms with Crippen molar-refractivity contribution >= 4 is 11.9 Å². The maximum absolute atomic E-state index is 11.7. The van der Waals surface area contributed by atoms with Crippen LogP contribution in [0.5, 0.6) is 0 Å². The Balaban J connectivity index is 2.06. The lowest BCUT2D eigenvalue weighted by Crippen LogP contribution is -2.34. The third kappa shape index (κ3) is 1.28. The molecule has 2 fully saturated rings. The van der Waals surface area contributed by atoms with Crippen LogP contribution in [0.15, 0.2) is 0 Å². The Labute approximate surface area is 82.8 Å². The van der Waals surface area contributed by atoms with Gasteiger partial charge in [-0.15, -0.1) is 0 Å². The summed E-state index contributed by atoms with van der Waals surface area (Å²) in [5, 5.41) is 0. The Bertz CT molecular complexity index is 245. The minimum absolute atomic E-state index is 0.0269. The van der Waals surface area contributed by atoms with Crippen molar-refractivity contribution in [2.75, 3.05) is 19.6 Å². The number of imide groups is 1. The smallest absolute Gasteiger partial charge is 0.327 e. The van der Waals surface area contributed by atoms with Gasteiger partial charge in [-0.05, 0) is 25.8 Å². The molecule has 3 amide bonds. The summed E-state index contributed by atoms with van der Waals surface area (Å²) in [6.45, 7) is 1.72. The van der Waals surface area contributed by atoms with Crippen molar-refractivity contribution in [3.05, 3.63) is 0 Å². The fraction of sp³-hybridized carbons (Fsp3) is 0.778. The minimum atomic E-state index is -0.166. The number of nitrogens with two attached hydrogens (primary N) is 1. The van der Waals surface area contributed by atoms with E-state index in [0.29, 0.717) is 19.5 Å². The maximum atomic E-state index is 11.7. The lowest BCUT2D eigenvalue weighted by atomic mass is 10.2. The van der Waals surface area contributed by atoms with Gasteiger partial charge in [-0.25, -0.2) is 4.79 Å². The van der Waals surface area contributed by atoms with Gasteiger partial charge in [-0.2, -0.15) is 0 Å². The quantitative estimate of drug-likeness (QED) is 0.635. The van der Waals surface area contributed by atoms with Crippen LogP contribution in [0.3, 0.4) is 0 Å². The fourth-order valence-corrected chi connectivity index (χ4v) is 2.14. The van der Waals surface area contributed by atoms with E-state index in [-0.39, 0.29) is 18.0 Å². The van der Waals surface area contributed by atoms with Gasteiger partial charge in [0.25, 0.3) is 5.91 Å². The summed E-state index contributed by atoms with van der Waals surface area (Å²) in [7, 11) is 0. The molecule has 0 spiro atoms. The molecule has 2 heterocycles. The van der Waals surface area contributed by atoms with E-state index in [0.717, 1.165) is 19.4 Å². The van der Waals surface area contributed by atoms with Gasteiger partial charge < -0.3 is 10.6 Å². The maximum Gasteiger partial charge on any atom is 0.327 e. The molecule has 78 valence electrons. The number of carbonyl (C=O) groups excluding carboxylic acids is 2. The molecule has 0 aliphatic carbocycles. The van der Waals surface area contributed by atoms with Crippen molar-refractivity contribution in [2.24, 2.45) is 5.73 Å². The highest BCUT2D eigenvalue weighted by molar-refractivity contribution is 6.04. The highest BCUT2D eigenvalue weighted by Crippen LogP contribution is 2.27. The van der Waals surface area contributed by atoms with Crippen LogP contribution in [0.4, 0.5) is 4.79 Å². The first-order chi connectivity index (χ1) is 6.75. The van der Waals surface area contributed by atoms with E-state index in [2.05, 4.69) is 0 Å². The summed E-state index contributed by atoms with van der Waals surface area (Å²) in [6.07, 6.45) is 2.47. The van der Waals surface area contributed by atoms with E-state index in [4.69, 9.17) is 5.73 Å². The molecule has 14 heavy (non-hydrogen) atoms. The molecule has 0 bridgehead atoms. The first-order valence-electron chi connectivity index (χ1n) is 5.07. The second-order valence-corrected chi connectivity index (χ2v) is 3.77. The van der Waals surface area contributed by atoms with Gasteiger partial charge >= 0.3 is 6.03 Å². The molecular weight excluding hydrogens is 182 g/mol. The third-order valence-electron chi connectivity index (χ3n) is 2.87. The highest BCUT2D eigenvalue weighted by Gasteiger charge is 2.46. The Morgan fingerprint density at radius 3 is 2.86 bits per heavy atom. The molecule has 0 aromatic carbocycles. The van der Waals surface area contributed by atoms with Crippen molar-refractivity contribution in [1.29, 1.82) is 0 Å². The Kier molecular flexibility index (Phi) is 2.41. The van der Waals surface area contributed by atoms with Gasteiger partial charge in [0.05, 0.1) is 0 Å². The van der Waals surface area contributed by atoms with Crippen molar-refractivity contribution in [3.63, 3.8) is 0 Å². The molecule has 0 aromatic rings. The number of nitrogens with zero attached hydrogens (tertiary/aromatic N) is 2. The molecule has 0 saturated carbocycles. The number of rotatable bonds is 3. The standard InChI is InChI=1S/C9H15N3O2/c10-4-2-6-12-8(13)7-3-1-5-11(7)9(12)14/h7H,1-6,10H2/t7-/m0/s1. The first-order valence-corrected chi connectivity index (χ1v) is 5.07. The van der Waals surface area contributed by atoms with E-state index in [1.165, 1.54) is 4.90 Å². The second-order valence-electron chi connectivity index (χ2n) is 3.77. The topological polar surface area (TPSA) is 66.6 Å². The predicted octanol–water partition coefficient (Wildman–Crippen LogP) is -0.238. The van der Waals surface area contributed by atoms with Crippen LogP contribution in [0.2, 0.25) is 0 Å². The number of hydrogen-bond donors (Lipinski definition) is 1. The molecular formula is C9H15N3O2. The van der Waals surface area contributed by atoms with Gasteiger partial charge in [0.1, 0.15) is 6.04 Å². The van der Waals surface area contributed by atoms with Gasteiger partial charge in [-0.1, -0.05) is 0 Å². The van der Waals surface area contributed by atoms with Gasteiger partial charge in [0.2, 0.25) is 0 Å². The van der Waals surface area contributed by atoms with Gasteiger partial charge in [-0.3, -0.25) is 9.69 Å². The Morgan fingerprint density at radius 2 is 2.21 bits per heavy atom. The summed E-state index contributed by atoms with van der Waals surface area (Å²) in [5.41, 5.74) is 5.35. The van der Waals surface area contributed by atoms with Crippen molar-refractivity contribution in [2.45, 2.75) is 25.3 Å². The van der Waals surface area contributed by atoms with Crippen LogP contribution in [0.1, 0.15) is 19.3 Å².